The number of halogens is 1. The van der Waals surface area contributed by atoms with Gasteiger partial charge in [-0.25, -0.2) is 0 Å². The molecule has 0 bridgehead atoms. The molecule has 0 aliphatic rings. The first-order valence-corrected chi connectivity index (χ1v) is 6.34. The Kier molecular flexibility index (Phi) is 7.66. The van der Waals surface area contributed by atoms with Crippen molar-refractivity contribution >= 4 is 11.6 Å². The highest BCUT2D eigenvalue weighted by atomic mass is 35.5. The van der Waals surface area contributed by atoms with E-state index in [2.05, 4.69) is 33.0 Å². The van der Waals surface area contributed by atoms with E-state index < -0.39 is 0 Å². The van der Waals surface area contributed by atoms with E-state index in [1.807, 2.05) is 0 Å². The molecule has 0 aromatic carbocycles. The number of hydrogen-bond acceptors (Lipinski definition) is 1. The average molecular weight is 220 g/mol. The lowest BCUT2D eigenvalue weighted by atomic mass is 9.88. The van der Waals surface area contributed by atoms with Crippen LogP contribution in [0.1, 0.15) is 53.4 Å². The Morgan fingerprint density at radius 1 is 1.36 bits per heavy atom. The van der Waals surface area contributed by atoms with Crippen LogP contribution in [-0.4, -0.2) is 18.5 Å². The summed E-state index contributed by atoms with van der Waals surface area (Å²) in [5.74, 6) is 0.786. The van der Waals surface area contributed by atoms with Gasteiger partial charge in [-0.2, -0.15) is 0 Å². The highest BCUT2D eigenvalue weighted by Crippen LogP contribution is 2.21. The van der Waals surface area contributed by atoms with E-state index in [9.17, 15) is 0 Å². The van der Waals surface area contributed by atoms with Gasteiger partial charge >= 0.3 is 0 Å². The summed E-state index contributed by atoms with van der Waals surface area (Å²) in [6.07, 6.45) is 4.86. The maximum Gasteiger partial charge on any atom is 0.0223 e. The second-order valence-corrected chi connectivity index (χ2v) is 5.41. The Balaban J connectivity index is 3.63. The molecule has 0 rings (SSSR count). The van der Waals surface area contributed by atoms with Crippen molar-refractivity contribution in [3.8, 4) is 0 Å². The van der Waals surface area contributed by atoms with Crippen molar-refractivity contribution in [2.24, 2.45) is 5.41 Å². The molecule has 1 unspecified atom stereocenters. The van der Waals surface area contributed by atoms with E-state index in [0.717, 1.165) is 18.8 Å². The molecule has 0 aromatic heterocycles. The minimum atomic E-state index is 0.386. The van der Waals surface area contributed by atoms with Gasteiger partial charge in [-0.1, -0.05) is 27.2 Å². The molecule has 0 aliphatic heterocycles. The van der Waals surface area contributed by atoms with E-state index in [0.29, 0.717) is 11.5 Å². The van der Waals surface area contributed by atoms with Crippen molar-refractivity contribution in [2.45, 2.75) is 59.4 Å². The summed E-state index contributed by atoms with van der Waals surface area (Å²) >= 11 is 5.70. The van der Waals surface area contributed by atoms with Gasteiger partial charge in [0, 0.05) is 18.5 Å². The highest BCUT2D eigenvalue weighted by molar-refractivity contribution is 6.17. The molecule has 14 heavy (non-hydrogen) atoms. The summed E-state index contributed by atoms with van der Waals surface area (Å²) in [5, 5.41) is 3.59. The minimum absolute atomic E-state index is 0.386. The van der Waals surface area contributed by atoms with E-state index in [-0.39, 0.29) is 0 Å². The summed E-state index contributed by atoms with van der Waals surface area (Å²) in [7, 11) is 0. The number of alkyl halides is 1. The van der Waals surface area contributed by atoms with Gasteiger partial charge < -0.3 is 5.32 Å². The predicted molar refractivity (Wildman–Crippen MR) is 66.1 cm³/mol. The largest absolute Gasteiger partial charge is 0.314 e. The Bertz CT molecular complexity index is 134. The van der Waals surface area contributed by atoms with Crippen LogP contribution in [0, 0.1) is 5.41 Å². The lowest BCUT2D eigenvalue weighted by Gasteiger charge is -2.27. The molecule has 0 radical (unpaired) electrons. The third kappa shape index (κ3) is 7.64. The van der Waals surface area contributed by atoms with E-state index in [4.69, 9.17) is 11.6 Å². The fourth-order valence-electron chi connectivity index (χ4n) is 1.62. The topological polar surface area (TPSA) is 12.0 Å². The van der Waals surface area contributed by atoms with Gasteiger partial charge in [0.2, 0.25) is 0 Å². The van der Waals surface area contributed by atoms with Crippen LogP contribution in [0.15, 0.2) is 0 Å². The van der Waals surface area contributed by atoms with Crippen molar-refractivity contribution in [1.29, 1.82) is 0 Å². The van der Waals surface area contributed by atoms with Gasteiger partial charge in [-0.05, 0) is 31.6 Å². The van der Waals surface area contributed by atoms with Gasteiger partial charge in [0.05, 0.1) is 0 Å². The smallest absolute Gasteiger partial charge is 0.0223 e. The average Bonchev–Trinajstić information content (AvgIpc) is 2.13. The van der Waals surface area contributed by atoms with Crippen LogP contribution in [0.4, 0.5) is 0 Å². The van der Waals surface area contributed by atoms with Crippen LogP contribution in [0.3, 0.4) is 0 Å². The lowest BCUT2D eigenvalue weighted by Crippen LogP contribution is -2.35. The van der Waals surface area contributed by atoms with E-state index >= 15 is 0 Å². The van der Waals surface area contributed by atoms with E-state index in [1.165, 1.54) is 19.3 Å². The minimum Gasteiger partial charge on any atom is -0.314 e. The van der Waals surface area contributed by atoms with Crippen molar-refractivity contribution in [2.75, 3.05) is 12.4 Å². The molecular weight excluding hydrogens is 194 g/mol. The molecule has 0 spiro atoms. The molecule has 0 fully saturated rings. The van der Waals surface area contributed by atoms with Crippen LogP contribution in [0.5, 0.6) is 0 Å². The Labute approximate surface area is 94.6 Å². The summed E-state index contributed by atoms with van der Waals surface area (Å²) in [6, 6.07) is 0.648. The quantitative estimate of drug-likeness (QED) is 0.613. The standard InChI is InChI=1S/C12H26ClN/c1-5-7-11(2)14-10-12(3,4)8-6-9-13/h11,14H,5-10H2,1-4H3. The molecule has 1 atom stereocenters. The molecule has 1 N–H and O–H groups in total. The van der Waals surface area contributed by atoms with Gasteiger partial charge in [-0.15, -0.1) is 11.6 Å². The highest BCUT2D eigenvalue weighted by Gasteiger charge is 2.17. The van der Waals surface area contributed by atoms with Crippen LogP contribution >= 0.6 is 11.6 Å². The number of nitrogens with one attached hydrogen (secondary N) is 1. The fourth-order valence-corrected chi connectivity index (χ4v) is 1.75. The summed E-state index contributed by atoms with van der Waals surface area (Å²) in [6.45, 7) is 10.2. The van der Waals surface area contributed by atoms with Gasteiger partial charge in [0.15, 0.2) is 0 Å². The third-order valence-corrected chi connectivity index (χ3v) is 2.91. The number of hydrogen-bond donors (Lipinski definition) is 1. The Hall–Kier alpha value is 0.250. The molecule has 0 saturated heterocycles. The first-order chi connectivity index (χ1) is 6.52. The van der Waals surface area contributed by atoms with Crippen molar-refractivity contribution in [1.82, 2.24) is 5.32 Å². The van der Waals surface area contributed by atoms with Crippen molar-refractivity contribution in [3.05, 3.63) is 0 Å². The first kappa shape index (κ1) is 14.2. The molecule has 0 heterocycles. The maximum atomic E-state index is 5.70. The molecular formula is C12H26ClN. The zero-order valence-electron chi connectivity index (χ0n) is 10.2. The van der Waals surface area contributed by atoms with Crippen molar-refractivity contribution < 1.29 is 0 Å². The molecule has 1 nitrogen and oxygen atoms in total. The van der Waals surface area contributed by atoms with Crippen LogP contribution in [-0.2, 0) is 0 Å². The Morgan fingerprint density at radius 2 is 2.00 bits per heavy atom. The van der Waals surface area contributed by atoms with Crippen LogP contribution in [0.25, 0.3) is 0 Å². The van der Waals surface area contributed by atoms with E-state index in [1.54, 1.807) is 0 Å². The monoisotopic (exact) mass is 219 g/mol. The molecule has 0 amide bonds. The third-order valence-electron chi connectivity index (χ3n) is 2.64. The van der Waals surface area contributed by atoms with Crippen LogP contribution in [0.2, 0.25) is 0 Å². The second kappa shape index (κ2) is 7.53. The zero-order chi connectivity index (χ0) is 11.0. The molecule has 0 aliphatic carbocycles. The van der Waals surface area contributed by atoms with Crippen LogP contribution < -0.4 is 5.32 Å². The molecule has 0 saturated carbocycles. The lowest BCUT2D eigenvalue weighted by molar-refractivity contribution is 0.294. The maximum absolute atomic E-state index is 5.70. The predicted octanol–water partition coefficient (Wildman–Crippen LogP) is 3.81. The SMILES string of the molecule is CCCC(C)NCC(C)(C)CCCCl. The zero-order valence-corrected chi connectivity index (χ0v) is 11.0. The van der Waals surface area contributed by atoms with Gasteiger partial charge in [0.1, 0.15) is 0 Å². The number of rotatable bonds is 8. The summed E-state index contributed by atoms with van der Waals surface area (Å²) < 4.78 is 0. The second-order valence-electron chi connectivity index (χ2n) is 5.03. The summed E-state index contributed by atoms with van der Waals surface area (Å²) in [5.41, 5.74) is 0.386. The normalized spacial score (nSPS) is 14.4. The summed E-state index contributed by atoms with van der Waals surface area (Å²) in [4.78, 5) is 0. The van der Waals surface area contributed by atoms with Crippen molar-refractivity contribution in [3.63, 3.8) is 0 Å². The molecule has 2 heteroatoms. The van der Waals surface area contributed by atoms with Gasteiger partial charge in [-0.3, -0.25) is 0 Å². The molecule has 0 aromatic rings. The Morgan fingerprint density at radius 3 is 2.50 bits per heavy atom. The fraction of sp³-hybridized carbons (Fsp3) is 1.00. The first-order valence-electron chi connectivity index (χ1n) is 5.81. The molecule has 86 valence electrons. The van der Waals surface area contributed by atoms with Gasteiger partial charge in [0.25, 0.3) is 0 Å².